The summed E-state index contributed by atoms with van der Waals surface area (Å²) in [5, 5.41) is 5.06. The number of fused-ring (bicyclic) bond motifs is 1. The molecule has 0 atom stereocenters. The first-order chi connectivity index (χ1) is 12.1. The Morgan fingerprint density at radius 2 is 2.20 bits per heavy atom. The second-order valence-electron chi connectivity index (χ2n) is 5.04. The summed E-state index contributed by atoms with van der Waals surface area (Å²) in [6.07, 6.45) is 3.12. The Balaban J connectivity index is 1.52. The summed E-state index contributed by atoms with van der Waals surface area (Å²) in [6.45, 7) is 0.215. The molecule has 0 bridgehead atoms. The summed E-state index contributed by atoms with van der Waals surface area (Å²) in [7, 11) is 0. The molecule has 1 aliphatic heterocycles. The zero-order valence-corrected chi connectivity index (χ0v) is 14.7. The Kier molecular flexibility index (Phi) is 5.56. The molecule has 0 spiro atoms. The molecule has 3 rings (SSSR count). The van der Waals surface area contributed by atoms with Gasteiger partial charge in [-0.2, -0.15) is 0 Å². The summed E-state index contributed by atoms with van der Waals surface area (Å²) in [5.74, 6) is 1.55. The van der Waals surface area contributed by atoms with Crippen LogP contribution in [0, 0.1) is 0 Å². The van der Waals surface area contributed by atoms with Gasteiger partial charge in [0.25, 0.3) is 0 Å². The number of carbonyl (C=O) groups is 2. The van der Waals surface area contributed by atoms with Crippen LogP contribution in [0.3, 0.4) is 0 Å². The van der Waals surface area contributed by atoms with E-state index in [0.29, 0.717) is 22.4 Å². The van der Waals surface area contributed by atoms with Gasteiger partial charge in [0, 0.05) is 17.2 Å². The summed E-state index contributed by atoms with van der Waals surface area (Å²) >= 11 is 2.72. The van der Waals surface area contributed by atoms with E-state index >= 15 is 0 Å². The van der Waals surface area contributed by atoms with E-state index in [0.717, 1.165) is 11.3 Å². The van der Waals surface area contributed by atoms with Crippen LogP contribution in [-0.4, -0.2) is 29.3 Å². The zero-order valence-electron chi connectivity index (χ0n) is 13.1. The normalized spacial score (nSPS) is 12.5. The van der Waals surface area contributed by atoms with Crippen LogP contribution >= 0.6 is 23.1 Å². The third-order valence-electron chi connectivity index (χ3n) is 3.10. The second kappa shape index (κ2) is 8.04. The van der Waals surface area contributed by atoms with Crippen molar-refractivity contribution < 1.29 is 19.1 Å². The Hall–Kier alpha value is -2.52. The van der Waals surface area contributed by atoms with E-state index in [1.165, 1.54) is 29.2 Å². The molecule has 0 aliphatic carbocycles. The number of carbonyl (C=O) groups excluding carboxylic acids is 2. The maximum Gasteiger partial charge on any atom is 0.250 e. The number of ether oxygens (including phenoxy) is 2. The van der Waals surface area contributed by atoms with Crippen molar-refractivity contribution in [2.45, 2.75) is 5.75 Å². The third kappa shape index (κ3) is 4.97. The Morgan fingerprint density at radius 3 is 3.04 bits per heavy atom. The van der Waals surface area contributed by atoms with Crippen molar-refractivity contribution in [2.75, 3.05) is 17.9 Å². The fraction of sp³-hybridized carbons (Fsp3) is 0.188. The van der Waals surface area contributed by atoms with Crippen molar-refractivity contribution in [3.63, 3.8) is 0 Å². The smallest absolute Gasteiger partial charge is 0.250 e. The van der Waals surface area contributed by atoms with Crippen LogP contribution in [-0.2, 0) is 15.3 Å². The first-order valence-electron chi connectivity index (χ1n) is 7.29. The lowest BCUT2D eigenvalue weighted by atomic mass is 10.2. The van der Waals surface area contributed by atoms with Crippen LogP contribution in [0.2, 0.25) is 0 Å². The molecule has 0 radical (unpaired) electrons. The highest BCUT2D eigenvalue weighted by Crippen LogP contribution is 2.32. The van der Waals surface area contributed by atoms with Crippen LogP contribution < -0.4 is 20.5 Å². The van der Waals surface area contributed by atoms with E-state index in [2.05, 4.69) is 10.3 Å². The van der Waals surface area contributed by atoms with Gasteiger partial charge >= 0.3 is 0 Å². The fourth-order valence-electron chi connectivity index (χ4n) is 2.02. The number of benzene rings is 1. The van der Waals surface area contributed by atoms with Gasteiger partial charge in [-0.25, -0.2) is 4.98 Å². The Morgan fingerprint density at radius 1 is 1.36 bits per heavy atom. The molecule has 0 saturated carbocycles. The number of thiazole rings is 1. The number of anilines is 1. The maximum atomic E-state index is 12.0. The van der Waals surface area contributed by atoms with Crippen LogP contribution in [0.25, 0.3) is 6.08 Å². The molecule has 0 unspecified atom stereocenters. The number of hydrogen-bond acceptors (Lipinski definition) is 7. The molecule has 2 aromatic rings. The third-order valence-corrected chi connectivity index (χ3v) is 4.89. The number of nitrogens with two attached hydrogens (primary N) is 1. The van der Waals surface area contributed by atoms with Gasteiger partial charge in [0.05, 0.1) is 11.4 Å². The van der Waals surface area contributed by atoms with E-state index in [1.807, 2.05) is 17.5 Å². The summed E-state index contributed by atoms with van der Waals surface area (Å²) < 4.78 is 10.5. The van der Waals surface area contributed by atoms with Gasteiger partial charge in [0.15, 0.2) is 16.6 Å². The molecule has 3 N–H and O–H groups in total. The number of thioether (sulfide) groups is 1. The van der Waals surface area contributed by atoms with Crippen molar-refractivity contribution in [2.24, 2.45) is 5.73 Å². The highest BCUT2D eigenvalue weighted by atomic mass is 32.2. The van der Waals surface area contributed by atoms with E-state index in [1.54, 1.807) is 12.1 Å². The SMILES string of the molecule is NC(=O)CSCc1csc(NC(=O)/C=C/c2ccc3c(c2)OCO3)n1. The molecule has 2 heterocycles. The van der Waals surface area contributed by atoms with E-state index in [4.69, 9.17) is 15.2 Å². The minimum Gasteiger partial charge on any atom is -0.454 e. The first-order valence-corrected chi connectivity index (χ1v) is 9.33. The highest BCUT2D eigenvalue weighted by molar-refractivity contribution is 7.99. The predicted molar refractivity (Wildman–Crippen MR) is 97.7 cm³/mol. The zero-order chi connectivity index (χ0) is 17.6. The molecule has 130 valence electrons. The number of nitrogens with zero attached hydrogens (tertiary/aromatic N) is 1. The molecular weight excluding hydrogens is 362 g/mol. The number of amides is 2. The molecule has 0 fully saturated rings. The molecule has 1 aromatic carbocycles. The quantitative estimate of drug-likeness (QED) is 0.717. The van der Waals surface area contributed by atoms with E-state index < -0.39 is 0 Å². The van der Waals surface area contributed by atoms with Crippen LogP contribution in [0.4, 0.5) is 5.13 Å². The van der Waals surface area contributed by atoms with Crippen molar-refractivity contribution in [1.82, 2.24) is 4.98 Å². The lowest BCUT2D eigenvalue weighted by Crippen LogP contribution is -2.13. The maximum absolute atomic E-state index is 12.0. The van der Waals surface area contributed by atoms with Crippen LogP contribution in [0.1, 0.15) is 11.3 Å². The molecule has 2 amide bonds. The lowest BCUT2D eigenvalue weighted by Gasteiger charge is -1.98. The van der Waals surface area contributed by atoms with Gasteiger partial charge in [-0.3, -0.25) is 14.9 Å². The molecule has 0 saturated heterocycles. The molecule has 1 aliphatic rings. The Bertz CT molecular complexity index is 819. The van der Waals surface area contributed by atoms with E-state index in [-0.39, 0.29) is 24.4 Å². The van der Waals surface area contributed by atoms with Gasteiger partial charge in [0.1, 0.15) is 0 Å². The molecule has 1 aromatic heterocycles. The van der Waals surface area contributed by atoms with Crippen LogP contribution in [0.5, 0.6) is 11.5 Å². The number of rotatable bonds is 7. The summed E-state index contributed by atoms with van der Waals surface area (Å²) in [6, 6.07) is 5.45. The number of nitrogens with one attached hydrogen (secondary N) is 1. The van der Waals surface area contributed by atoms with Gasteiger partial charge in [-0.05, 0) is 23.8 Å². The highest BCUT2D eigenvalue weighted by Gasteiger charge is 2.12. The average molecular weight is 377 g/mol. The summed E-state index contributed by atoms with van der Waals surface area (Å²) in [4.78, 5) is 27.0. The van der Waals surface area contributed by atoms with Crippen molar-refractivity contribution in [3.8, 4) is 11.5 Å². The monoisotopic (exact) mass is 377 g/mol. The minimum absolute atomic E-state index is 0.215. The lowest BCUT2D eigenvalue weighted by molar-refractivity contribution is -0.115. The van der Waals surface area contributed by atoms with Gasteiger partial charge in [-0.1, -0.05) is 6.07 Å². The minimum atomic E-state index is -0.359. The number of primary amides is 1. The molecule has 25 heavy (non-hydrogen) atoms. The summed E-state index contributed by atoms with van der Waals surface area (Å²) in [5.41, 5.74) is 6.71. The first kappa shape index (κ1) is 17.3. The van der Waals surface area contributed by atoms with Crippen molar-refractivity contribution in [3.05, 3.63) is 40.9 Å². The van der Waals surface area contributed by atoms with Gasteiger partial charge < -0.3 is 15.2 Å². The van der Waals surface area contributed by atoms with Gasteiger partial charge in [-0.15, -0.1) is 23.1 Å². The molecule has 9 heteroatoms. The molecule has 7 nitrogen and oxygen atoms in total. The second-order valence-corrected chi connectivity index (χ2v) is 6.88. The van der Waals surface area contributed by atoms with E-state index in [9.17, 15) is 9.59 Å². The standard InChI is InChI=1S/C16H15N3O4S2/c17-14(20)8-24-6-11-7-25-16(18-11)19-15(21)4-2-10-1-3-12-13(5-10)23-9-22-12/h1-5,7H,6,8-9H2,(H2,17,20)(H,18,19,21)/b4-2+. The largest absolute Gasteiger partial charge is 0.454 e. The average Bonchev–Trinajstić information content (AvgIpc) is 3.21. The van der Waals surface area contributed by atoms with Crippen molar-refractivity contribution in [1.29, 1.82) is 0 Å². The molecular formula is C16H15N3O4S2. The number of hydrogen-bond donors (Lipinski definition) is 2. The topological polar surface area (TPSA) is 104 Å². The number of aromatic nitrogens is 1. The van der Waals surface area contributed by atoms with Crippen LogP contribution in [0.15, 0.2) is 29.7 Å². The van der Waals surface area contributed by atoms with Crippen molar-refractivity contribution >= 4 is 46.1 Å². The van der Waals surface area contributed by atoms with Gasteiger partial charge in [0.2, 0.25) is 18.6 Å². The predicted octanol–water partition coefficient (Wildman–Crippen LogP) is 2.24. The Labute approximate surface area is 152 Å². The fourth-order valence-corrected chi connectivity index (χ4v) is 3.50.